The Hall–Kier alpha value is -0.840. The molecule has 0 amide bonds. The van der Waals surface area contributed by atoms with Crippen molar-refractivity contribution in [2.75, 3.05) is 12.8 Å². The highest BCUT2D eigenvalue weighted by atomic mass is 79.9. The van der Waals surface area contributed by atoms with Gasteiger partial charge in [0, 0.05) is 21.2 Å². The van der Waals surface area contributed by atoms with Gasteiger partial charge in [0.25, 0.3) is 0 Å². The smallest absolute Gasteiger partial charge is 0.123 e. The summed E-state index contributed by atoms with van der Waals surface area (Å²) >= 11 is 5.25. The van der Waals surface area contributed by atoms with Crippen LogP contribution < -0.4 is 5.32 Å². The second-order valence-electron chi connectivity index (χ2n) is 4.16. The molecule has 4 heteroatoms. The molecule has 19 heavy (non-hydrogen) atoms. The van der Waals surface area contributed by atoms with Crippen LogP contribution in [0.2, 0.25) is 0 Å². The molecule has 0 saturated carbocycles. The first-order valence-electron chi connectivity index (χ1n) is 6.00. The molecule has 0 fully saturated rings. The van der Waals surface area contributed by atoms with Crippen LogP contribution in [0, 0.1) is 5.82 Å². The van der Waals surface area contributed by atoms with E-state index in [9.17, 15) is 4.39 Å². The highest BCUT2D eigenvalue weighted by Gasteiger charge is 2.09. The topological polar surface area (TPSA) is 12.0 Å². The van der Waals surface area contributed by atoms with Crippen LogP contribution in [-0.2, 0) is 0 Å². The van der Waals surface area contributed by atoms with Gasteiger partial charge in [-0.25, -0.2) is 4.39 Å². The van der Waals surface area contributed by atoms with E-state index in [0.717, 1.165) is 15.8 Å². The molecule has 2 aromatic carbocycles. The summed E-state index contributed by atoms with van der Waals surface area (Å²) in [6.45, 7) is 0. The molecule has 0 spiro atoms. The Morgan fingerprint density at radius 1 is 1.21 bits per heavy atom. The molecule has 0 radical (unpaired) electrons. The van der Waals surface area contributed by atoms with Crippen molar-refractivity contribution in [3.8, 4) is 0 Å². The molecule has 0 aliphatic heterocycles. The van der Waals surface area contributed by atoms with Gasteiger partial charge in [0.05, 0.1) is 0 Å². The second-order valence-corrected chi connectivity index (χ2v) is 6.17. The summed E-state index contributed by atoms with van der Waals surface area (Å²) in [6.07, 6.45) is 0. The zero-order valence-electron chi connectivity index (χ0n) is 10.6. The van der Waals surface area contributed by atoms with Crippen LogP contribution in [0.4, 0.5) is 4.39 Å². The third-order valence-electron chi connectivity index (χ3n) is 2.83. The Kier molecular flexibility index (Phi) is 5.43. The van der Waals surface area contributed by atoms with Crippen molar-refractivity contribution in [2.24, 2.45) is 0 Å². The van der Waals surface area contributed by atoms with Gasteiger partial charge in [-0.2, -0.15) is 0 Å². The van der Waals surface area contributed by atoms with Gasteiger partial charge in [0.15, 0.2) is 0 Å². The zero-order valence-corrected chi connectivity index (χ0v) is 13.0. The third-order valence-corrected chi connectivity index (χ3v) is 4.41. The Labute approximate surface area is 125 Å². The molecule has 1 unspecified atom stereocenters. The standard InChI is InChI=1S/C15H15BrFNS/c1-18-15(11-5-7-13(17)8-6-11)10-19-14-4-2-3-12(16)9-14/h2-9,15,18H,10H2,1H3. The summed E-state index contributed by atoms with van der Waals surface area (Å²) in [4.78, 5) is 1.22. The minimum absolute atomic E-state index is 0.196. The predicted molar refractivity (Wildman–Crippen MR) is 83.1 cm³/mol. The molecule has 0 saturated heterocycles. The highest BCUT2D eigenvalue weighted by molar-refractivity contribution is 9.10. The average molecular weight is 340 g/mol. The fraction of sp³-hybridized carbons (Fsp3) is 0.200. The van der Waals surface area contributed by atoms with Gasteiger partial charge in [0.2, 0.25) is 0 Å². The molecule has 2 aromatic rings. The molecule has 2 rings (SSSR count). The quantitative estimate of drug-likeness (QED) is 0.796. The summed E-state index contributed by atoms with van der Waals surface area (Å²) < 4.78 is 14.0. The molecule has 0 aromatic heterocycles. The van der Waals surface area contributed by atoms with E-state index in [1.54, 1.807) is 11.8 Å². The summed E-state index contributed by atoms with van der Waals surface area (Å²) in [6, 6.07) is 15.1. The minimum atomic E-state index is -0.196. The lowest BCUT2D eigenvalue weighted by molar-refractivity contribution is 0.620. The molecule has 0 aliphatic carbocycles. The van der Waals surface area contributed by atoms with Gasteiger partial charge >= 0.3 is 0 Å². The summed E-state index contributed by atoms with van der Waals surface area (Å²) in [5.41, 5.74) is 1.10. The number of benzene rings is 2. The minimum Gasteiger partial charge on any atom is -0.312 e. The molecule has 0 heterocycles. The SMILES string of the molecule is CNC(CSc1cccc(Br)c1)c1ccc(F)cc1. The van der Waals surface area contributed by atoms with Gasteiger partial charge < -0.3 is 5.32 Å². The van der Waals surface area contributed by atoms with Gasteiger partial charge in [-0.1, -0.05) is 34.1 Å². The van der Waals surface area contributed by atoms with Gasteiger partial charge in [-0.05, 0) is 42.9 Å². The lowest BCUT2D eigenvalue weighted by Gasteiger charge is -2.16. The van der Waals surface area contributed by atoms with Crippen LogP contribution in [0.15, 0.2) is 57.9 Å². The van der Waals surface area contributed by atoms with Crippen molar-refractivity contribution in [3.63, 3.8) is 0 Å². The van der Waals surface area contributed by atoms with Crippen LogP contribution in [0.25, 0.3) is 0 Å². The molecule has 0 aliphatic rings. The number of hydrogen-bond donors (Lipinski definition) is 1. The lowest BCUT2D eigenvalue weighted by Crippen LogP contribution is -2.18. The van der Waals surface area contributed by atoms with E-state index in [2.05, 4.69) is 33.4 Å². The Morgan fingerprint density at radius 2 is 1.95 bits per heavy atom. The number of nitrogens with one attached hydrogen (secondary N) is 1. The molecule has 1 atom stereocenters. The largest absolute Gasteiger partial charge is 0.312 e. The van der Waals surface area contributed by atoms with E-state index < -0.39 is 0 Å². The van der Waals surface area contributed by atoms with E-state index in [-0.39, 0.29) is 11.9 Å². The van der Waals surface area contributed by atoms with Gasteiger partial charge in [-0.3, -0.25) is 0 Å². The van der Waals surface area contributed by atoms with Crippen molar-refractivity contribution in [2.45, 2.75) is 10.9 Å². The maximum absolute atomic E-state index is 12.9. The van der Waals surface area contributed by atoms with E-state index in [4.69, 9.17) is 0 Å². The summed E-state index contributed by atoms with van der Waals surface area (Å²) in [7, 11) is 1.93. The van der Waals surface area contributed by atoms with Crippen LogP contribution in [-0.4, -0.2) is 12.8 Å². The third kappa shape index (κ3) is 4.34. The average Bonchev–Trinajstić information content (AvgIpc) is 2.41. The van der Waals surface area contributed by atoms with E-state index in [1.165, 1.54) is 17.0 Å². The molecular weight excluding hydrogens is 325 g/mol. The second kappa shape index (κ2) is 7.08. The Morgan fingerprint density at radius 3 is 2.58 bits per heavy atom. The number of thioether (sulfide) groups is 1. The van der Waals surface area contributed by atoms with Crippen LogP contribution in [0.5, 0.6) is 0 Å². The van der Waals surface area contributed by atoms with E-state index in [1.807, 2.05) is 31.3 Å². The van der Waals surface area contributed by atoms with Crippen molar-refractivity contribution in [1.29, 1.82) is 0 Å². The van der Waals surface area contributed by atoms with Crippen molar-refractivity contribution in [3.05, 3.63) is 64.4 Å². The van der Waals surface area contributed by atoms with Crippen molar-refractivity contribution in [1.82, 2.24) is 5.32 Å². The van der Waals surface area contributed by atoms with Crippen molar-refractivity contribution >= 4 is 27.7 Å². The molecule has 1 N–H and O–H groups in total. The van der Waals surface area contributed by atoms with Crippen LogP contribution >= 0.6 is 27.7 Å². The Bertz CT molecular complexity index is 530. The first-order chi connectivity index (χ1) is 9.19. The normalized spacial score (nSPS) is 12.4. The van der Waals surface area contributed by atoms with Crippen LogP contribution in [0.3, 0.4) is 0 Å². The van der Waals surface area contributed by atoms with E-state index >= 15 is 0 Å². The van der Waals surface area contributed by atoms with Crippen molar-refractivity contribution < 1.29 is 4.39 Å². The fourth-order valence-electron chi connectivity index (χ4n) is 1.78. The maximum Gasteiger partial charge on any atom is 0.123 e. The van der Waals surface area contributed by atoms with Gasteiger partial charge in [0.1, 0.15) is 5.82 Å². The fourth-order valence-corrected chi connectivity index (χ4v) is 3.43. The first kappa shape index (κ1) is 14.6. The Balaban J connectivity index is 2.01. The molecule has 100 valence electrons. The lowest BCUT2D eigenvalue weighted by atomic mass is 10.1. The number of halogens is 2. The summed E-state index contributed by atoms with van der Waals surface area (Å²) in [5, 5.41) is 3.27. The van der Waals surface area contributed by atoms with E-state index in [0.29, 0.717) is 0 Å². The number of rotatable bonds is 5. The molecular formula is C15H15BrFNS. The van der Waals surface area contributed by atoms with Gasteiger partial charge in [-0.15, -0.1) is 11.8 Å². The zero-order chi connectivity index (χ0) is 13.7. The highest BCUT2D eigenvalue weighted by Crippen LogP contribution is 2.26. The number of hydrogen-bond acceptors (Lipinski definition) is 2. The summed E-state index contributed by atoms with van der Waals surface area (Å²) in [5.74, 6) is 0.705. The first-order valence-corrected chi connectivity index (χ1v) is 7.78. The monoisotopic (exact) mass is 339 g/mol. The van der Waals surface area contributed by atoms with Crippen LogP contribution in [0.1, 0.15) is 11.6 Å². The molecule has 1 nitrogen and oxygen atoms in total. The molecule has 0 bridgehead atoms. The maximum atomic E-state index is 12.9. The predicted octanol–water partition coefficient (Wildman–Crippen LogP) is 4.64.